The third-order valence-corrected chi connectivity index (χ3v) is 12.3. The van der Waals surface area contributed by atoms with E-state index in [-0.39, 0.29) is 22.5 Å². The van der Waals surface area contributed by atoms with Crippen LogP contribution in [-0.2, 0) is 22.8 Å². The lowest BCUT2D eigenvalue weighted by atomic mass is 9.63. The zero-order chi connectivity index (χ0) is 33.1. The van der Waals surface area contributed by atoms with Crippen LogP contribution >= 0.6 is 11.6 Å². The molecule has 47 heavy (non-hydrogen) atoms. The Labute approximate surface area is 287 Å². The summed E-state index contributed by atoms with van der Waals surface area (Å²) in [5.74, 6) is 1.42. The minimum atomic E-state index is -1.47. The Bertz CT molecular complexity index is 1580. The molecule has 0 bridgehead atoms. The number of carbonyl (C=O) groups excluding carboxylic acids is 1. The smallest absolute Gasteiger partial charge is 0.263 e. The number of aliphatic hydroxyl groups is 1. The van der Waals surface area contributed by atoms with E-state index in [1.54, 1.807) is 6.07 Å². The van der Waals surface area contributed by atoms with E-state index in [1.807, 2.05) is 50.2 Å². The molecule has 3 aliphatic rings. The number of unbranched alkanes of at least 4 members (excludes halogenated alkanes) is 1. The molecule has 3 aromatic carbocycles. The Morgan fingerprint density at radius 1 is 1.13 bits per heavy atom. The Kier molecular flexibility index (Phi) is 10.6. The van der Waals surface area contributed by atoms with E-state index in [0.29, 0.717) is 24.0 Å². The van der Waals surface area contributed by atoms with Gasteiger partial charge in [0.1, 0.15) is 16.7 Å². The Morgan fingerprint density at radius 2 is 1.94 bits per heavy atom. The predicted molar refractivity (Wildman–Crippen MR) is 192 cm³/mol. The van der Waals surface area contributed by atoms with Crippen LogP contribution in [0.25, 0.3) is 0 Å². The Balaban J connectivity index is 1.34. The highest BCUT2D eigenvalue weighted by atomic mass is 35.5. The average Bonchev–Trinajstić information content (AvgIpc) is 3.21. The average molecular weight is 677 g/mol. The number of nitrogens with zero attached hydrogens (tertiary/aromatic N) is 1. The van der Waals surface area contributed by atoms with Gasteiger partial charge in [-0.2, -0.15) is 0 Å². The van der Waals surface area contributed by atoms with E-state index < -0.39 is 17.1 Å². The molecule has 6 atom stereocenters. The maximum atomic E-state index is 13.3. The van der Waals surface area contributed by atoms with Crippen molar-refractivity contribution in [2.75, 3.05) is 24.6 Å². The highest BCUT2D eigenvalue weighted by molar-refractivity contribution is 7.84. The van der Waals surface area contributed by atoms with Gasteiger partial charge in [0.2, 0.25) is 0 Å². The molecule has 2 aliphatic carbocycles. The highest BCUT2D eigenvalue weighted by Crippen LogP contribution is 2.50. The third-order valence-electron chi connectivity index (χ3n) is 10.8. The fraction of sp³-hybridized carbons (Fsp3) is 0.513. The van der Waals surface area contributed by atoms with Gasteiger partial charge in [0.25, 0.3) is 5.91 Å². The maximum Gasteiger partial charge on any atom is 0.263 e. The summed E-state index contributed by atoms with van der Waals surface area (Å²) in [5.41, 5.74) is 4.76. The molecule has 1 amide bonds. The monoisotopic (exact) mass is 676 g/mol. The number of amides is 1. The van der Waals surface area contributed by atoms with Gasteiger partial charge in [-0.15, -0.1) is 0 Å². The lowest BCUT2D eigenvalue weighted by molar-refractivity contribution is 0.00123. The molecule has 8 heteroatoms. The van der Waals surface area contributed by atoms with E-state index in [1.165, 1.54) is 11.1 Å². The van der Waals surface area contributed by atoms with Gasteiger partial charge in [-0.05, 0) is 117 Å². The van der Waals surface area contributed by atoms with Crippen LogP contribution in [0.3, 0.4) is 0 Å². The minimum absolute atomic E-state index is 0.179. The molecule has 1 saturated carbocycles. The van der Waals surface area contributed by atoms with Crippen molar-refractivity contribution in [2.24, 2.45) is 17.8 Å². The summed E-state index contributed by atoms with van der Waals surface area (Å²) in [6.07, 6.45) is 7.99. The molecule has 6 rings (SSSR count). The summed E-state index contributed by atoms with van der Waals surface area (Å²) in [7, 11) is -1.47. The summed E-state index contributed by atoms with van der Waals surface area (Å²) in [6, 6.07) is 22.0. The van der Waals surface area contributed by atoms with Crippen molar-refractivity contribution < 1.29 is 18.8 Å². The molecule has 1 fully saturated rings. The van der Waals surface area contributed by atoms with Gasteiger partial charge in [-0.3, -0.25) is 9.52 Å². The standard InChI is InChI=1S/C39H49ClN2O4S/c1-4-5-13-33(37(43)27-10-7-6-8-11-27)32-17-14-30(32)23-42-24-39(20-9-12-28-21-31(40)16-18-34(28)39)25-46-36-19-15-29(22-35(36)42)38(44)41-47(45)26(2)3/h6-8,10-11,15-16,18-19,21-22,26,30,32-33,37,43H,4-5,9,12-14,17,20,23-25H2,1-3H3,(H,41,44). The molecule has 1 heterocycles. The lowest BCUT2D eigenvalue weighted by Crippen LogP contribution is -2.49. The molecular weight excluding hydrogens is 628 g/mol. The second kappa shape index (κ2) is 14.7. The molecule has 0 saturated heterocycles. The number of aliphatic hydroxyl groups excluding tert-OH is 1. The molecule has 0 radical (unpaired) electrons. The van der Waals surface area contributed by atoms with Crippen LogP contribution in [0.5, 0.6) is 5.75 Å². The number of anilines is 1. The number of hydrogen-bond donors (Lipinski definition) is 2. The largest absolute Gasteiger partial charge is 0.490 e. The number of rotatable bonds is 11. The van der Waals surface area contributed by atoms with Crippen LogP contribution in [0, 0.1) is 17.8 Å². The van der Waals surface area contributed by atoms with Crippen LogP contribution < -0.4 is 14.4 Å². The summed E-state index contributed by atoms with van der Waals surface area (Å²) in [6.45, 7) is 8.01. The van der Waals surface area contributed by atoms with Crippen molar-refractivity contribution in [3.05, 3.63) is 94.0 Å². The fourth-order valence-electron chi connectivity index (χ4n) is 8.13. The summed E-state index contributed by atoms with van der Waals surface area (Å²) < 4.78 is 21.9. The van der Waals surface area contributed by atoms with Crippen molar-refractivity contribution in [3.63, 3.8) is 0 Å². The van der Waals surface area contributed by atoms with E-state index in [9.17, 15) is 14.1 Å². The van der Waals surface area contributed by atoms with E-state index >= 15 is 0 Å². The number of hydrogen-bond acceptors (Lipinski definition) is 5. The van der Waals surface area contributed by atoms with Crippen LogP contribution in [0.15, 0.2) is 66.7 Å². The lowest BCUT2D eigenvalue weighted by Gasteiger charge is -2.47. The summed E-state index contributed by atoms with van der Waals surface area (Å²) >= 11 is 6.47. The van der Waals surface area contributed by atoms with Crippen LogP contribution in [0.1, 0.15) is 98.9 Å². The number of fused-ring (bicyclic) bond motifs is 3. The number of nitrogens with one attached hydrogen (secondary N) is 1. The number of aryl methyl sites for hydroxylation is 1. The zero-order valence-electron chi connectivity index (χ0n) is 27.9. The molecule has 6 nitrogen and oxygen atoms in total. The number of ether oxygens (including phenoxy) is 1. The molecule has 0 aromatic heterocycles. The summed E-state index contributed by atoms with van der Waals surface area (Å²) in [5, 5.41) is 12.3. The second-order valence-electron chi connectivity index (χ2n) is 14.2. The Morgan fingerprint density at radius 3 is 2.66 bits per heavy atom. The third kappa shape index (κ3) is 7.28. The van der Waals surface area contributed by atoms with Crippen molar-refractivity contribution in [2.45, 2.75) is 88.9 Å². The highest BCUT2D eigenvalue weighted by Gasteiger charge is 2.45. The topological polar surface area (TPSA) is 78.9 Å². The molecule has 3 aromatic rings. The van der Waals surface area contributed by atoms with Gasteiger partial charge in [0.15, 0.2) is 0 Å². The van der Waals surface area contributed by atoms with Gasteiger partial charge in [0, 0.05) is 34.3 Å². The SMILES string of the molecule is CCCCC(C(O)c1ccccc1)C1CCC1CN1CC2(CCCc3cc(Cl)ccc32)COc2ccc(C(=O)NS(=O)C(C)C)cc21. The van der Waals surface area contributed by atoms with Crippen LogP contribution in [0.4, 0.5) is 5.69 Å². The van der Waals surface area contributed by atoms with Crippen molar-refractivity contribution >= 4 is 34.2 Å². The van der Waals surface area contributed by atoms with Gasteiger partial charge in [0.05, 0.1) is 18.4 Å². The second-order valence-corrected chi connectivity index (χ2v) is 16.4. The number of carbonyl (C=O) groups is 1. The maximum absolute atomic E-state index is 13.3. The molecule has 1 spiro atoms. The van der Waals surface area contributed by atoms with E-state index in [0.717, 1.165) is 86.5 Å². The first-order chi connectivity index (χ1) is 22.7. The minimum Gasteiger partial charge on any atom is -0.490 e. The van der Waals surface area contributed by atoms with Gasteiger partial charge < -0.3 is 14.7 Å². The van der Waals surface area contributed by atoms with Gasteiger partial charge in [-0.25, -0.2) is 4.21 Å². The fourth-order valence-corrected chi connectivity index (χ4v) is 8.87. The zero-order valence-corrected chi connectivity index (χ0v) is 29.5. The van der Waals surface area contributed by atoms with Gasteiger partial charge in [-0.1, -0.05) is 67.8 Å². The quantitative estimate of drug-likeness (QED) is 0.214. The van der Waals surface area contributed by atoms with Crippen LogP contribution in [0.2, 0.25) is 5.02 Å². The molecule has 252 valence electrons. The molecule has 2 N–H and O–H groups in total. The summed E-state index contributed by atoms with van der Waals surface area (Å²) in [4.78, 5) is 15.7. The van der Waals surface area contributed by atoms with E-state index in [4.69, 9.17) is 16.3 Å². The van der Waals surface area contributed by atoms with Crippen molar-refractivity contribution in [1.29, 1.82) is 0 Å². The van der Waals surface area contributed by atoms with E-state index in [2.05, 4.69) is 40.8 Å². The van der Waals surface area contributed by atoms with Crippen LogP contribution in [-0.4, -0.2) is 40.2 Å². The predicted octanol–water partition coefficient (Wildman–Crippen LogP) is 8.18. The molecular formula is C39H49ClN2O4S. The van der Waals surface area contributed by atoms with Crippen molar-refractivity contribution in [1.82, 2.24) is 4.72 Å². The first-order valence-electron chi connectivity index (χ1n) is 17.4. The van der Waals surface area contributed by atoms with Gasteiger partial charge >= 0.3 is 0 Å². The normalized spacial score (nSPS) is 23.9. The first kappa shape index (κ1) is 34.0. The molecule has 6 unspecified atom stereocenters. The number of halogens is 1. The Hall–Kier alpha value is -2.87. The molecule has 1 aliphatic heterocycles. The number of benzene rings is 3. The van der Waals surface area contributed by atoms with Crippen molar-refractivity contribution in [3.8, 4) is 5.75 Å². The first-order valence-corrected chi connectivity index (χ1v) is 19.0.